The van der Waals surface area contributed by atoms with Gasteiger partial charge in [0.25, 0.3) is 0 Å². The molecule has 0 atom stereocenters. The minimum atomic E-state index is 0.198. The van der Waals surface area contributed by atoms with Crippen molar-refractivity contribution in [1.82, 2.24) is 10.6 Å². The third-order valence-electron chi connectivity index (χ3n) is 3.95. The Labute approximate surface area is 132 Å². The zero-order valence-corrected chi connectivity index (χ0v) is 13.1. The molecule has 0 spiro atoms. The summed E-state index contributed by atoms with van der Waals surface area (Å²) >= 11 is 0. The van der Waals surface area contributed by atoms with Crippen LogP contribution in [0.3, 0.4) is 0 Å². The average molecular weight is 302 g/mol. The molecule has 120 valence electrons. The van der Waals surface area contributed by atoms with Crippen molar-refractivity contribution in [1.29, 1.82) is 0 Å². The summed E-state index contributed by atoms with van der Waals surface area (Å²) in [4.78, 5) is 15.9. The summed E-state index contributed by atoms with van der Waals surface area (Å²) in [7, 11) is 0. The van der Waals surface area contributed by atoms with Crippen molar-refractivity contribution in [2.24, 2.45) is 16.6 Å². The lowest BCUT2D eigenvalue weighted by Crippen LogP contribution is -2.35. The van der Waals surface area contributed by atoms with Gasteiger partial charge in [0.05, 0.1) is 0 Å². The van der Waals surface area contributed by atoms with Gasteiger partial charge in [-0.05, 0) is 31.2 Å². The van der Waals surface area contributed by atoms with Crippen molar-refractivity contribution in [2.45, 2.75) is 32.1 Å². The van der Waals surface area contributed by atoms with E-state index in [-0.39, 0.29) is 11.8 Å². The van der Waals surface area contributed by atoms with Gasteiger partial charge in [0.1, 0.15) is 0 Å². The van der Waals surface area contributed by atoms with Gasteiger partial charge in [-0.2, -0.15) is 0 Å². The molecular formula is C17H26N4O. The maximum absolute atomic E-state index is 11.6. The van der Waals surface area contributed by atoms with Crippen LogP contribution in [0.1, 0.15) is 31.2 Å². The van der Waals surface area contributed by atoms with E-state index in [0.29, 0.717) is 19.0 Å². The van der Waals surface area contributed by atoms with E-state index in [0.717, 1.165) is 32.2 Å². The summed E-state index contributed by atoms with van der Waals surface area (Å²) in [5, 5.41) is 6.06. The molecule has 0 bridgehead atoms. The molecule has 0 heterocycles. The van der Waals surface area contributed by atoms with E-state index in [1.807, 2.05) is 18.2 Å². The van der Waals surface area contributed by atoms with Crippen molar-refractivity contribution in [2.75, 3.05) is 19.6 Å². The lowest BCUT2D eigenvalue weighted by molar-refractivity contribution is -0.127. The van der Waals surface area contributed by atoms with E-state index < -0.39 is 0 Å². The SMILES string of the molecule is NC(=NCCCNC(=O)C1CCC1)NCCc1ccccc1. The third-order valence-corrected chi connectivity index (χ3v) is 3.95. The lowest BCUT2D eigenvalue weighted by Gasteiger charge is -2.23. The maximum atomic E-state index is 11.6. The van der Waals surface area contributed by atoms with Gasteiger partial charge < -0.3 is 16.4 Å². The van der Waals surface area contributed by atoms with Crippen LogP contribution in [0.15, 0.2) is 35.3 Å². The van der Waals surface area contributed by atoms with Gasteiger partial charge in [-0.25, -0.2) is 0 Å². The van der Waals surface area contributed by atoms with Gasteiger partial charge in [-0.3, -0.25) is 9.79 Å². The van der Waals surface area contributed by atoms with Gasteiger partial charge in [0, 0.05) is 25.6 Å². The van der Waals surface area contributed by atoms with Crippen LogP contribution in [0.25, 0.3) is 0 Å². The molecule has 0 saturated heterocycles. The number of amides is 1. The molecule has 0 aromatic heterocycles. The van der Waals surface area contributed by atoms with Gasteiger partial charge in [0.15, 0.2) is 5.96 Å². The fourth-order valence-corrected chi connectivity index (χ4v) is 2.34. The molecule has 1 aliphatic carbocycles. The highest BCUT2D eigenvalue weighted by atomic mass is 16.1. The highest BCUT2D eigenvalue weighted by Crippen LogP contribution is 2.25. The fourth-order valence-electron chi connectivity index (χ4n) is 2.34. The second-order valence-corrected chi connectivity index (χ2v) is 5.70. The Morgan fingerprint density at radius 1 is 1.18 bits per heavy atom. The van der Waals surface area contributed by atoms with E-state index in [1.165, 1.54) is 12.0 Å². The second kappa shape index (κ2) is 9.07. The number of benzene rings is 1. The number of aliphatic imine (C=N–C) groups is 1. The van der Waals surface area contributed by atoms with Crippen LogP contribution in [0, 0.1) is 5.92 Å². The van der Waals surface area contributed by atoms with E-state index in [9.17, 15) is 4.79 Å². The second-order valence-electron chi connectivity index (χ2n) is 5.70. The third kappa shape index (κ3) is 5.76. The standard InChI is InChI=1S/C17H26N4O/c18-17(21-13-10-14-6-2-1-3-7-14)20-12-5-11-19-16(22)15-8-4-9-15/h1-3,6-7,15H,4-5,8-13H2,(H,19,22)(H3,18,20,21). The first-order valence-corrected chi connectivity index (χ1v) is 8.11. The fraction of sp³-hybridized carbons (Fsp3) is 0.529. The highest BCUT2D eigenvalue weighted by Gasteiger charge is 2.24. The molecule has 2 rings (SSSR count). The zero-order valence-electron chi connectivity index (χ0n) is 13.1. The van der Waals surface area contributed by atoms with Crippen molar-refractivity contribution in [3.63, 3.8) is 0 Å². The molecule has 5 heteroatoms. The van der Waals surface area contributed by atoms with E-state index in [4.69, 9.17) is 5.73 Å². The maximum Gasteiger partial charge on any atom is 0.223 e. The molecule has 4 N–H and O–H groups in total. The van der Waals surface area contributed by atoms with E-state index in [2.05, 4.69) is 27.8 Å². The smallest absolute Gasteiger partial charge is 0.223 e. The van der Waals surface area contributed by atoms with E-state index >= 15 is 0 Å². The Morgan fingerprint density at radius 3 is 2.64 bits per heavy atom. The summed E-state index contributed by atoms with van der Waals surface area (Å²) in [5.74, 6) is 0.929. The van der Waals surface area contributed by atoms with Crippen molar-refractivity contribution < 1.29 is 4.79 Å². The number of nitrogens with two attached hydrogens (primary N) is 1. The topological polar surface area (TPSA) is 79.5 Å². The Morgan fingerprint density at radius 2 is 1.95 bits per heavy atom. The summed E-state index contributed by atoms with van der Waals surface area (Å²) in [6, 6.07) is 10.3. The Balaban J connectivity index is 1.51. The minimum Gasteiger partial charge on any atom is -0.370 e. The molecule has 1 aromatic carbocycles. The Kier molecular flexibility index (Phi) is 6.74. The number of carbonyl (C=O) groups excluding carboxylic acids is 1. The molecule has 1 amide bonds. The van der Waals surface area contributed by atoms with Gasteiger partial charge in [-0.15, -0.1) is 0 Å². The number of guanidine groups is 1. The Bertz CT molecular complexity index is 483. The van der Waals surface area contributed by atoms with Crippen LogP contribution in [0.5, 0.6) is 0 Å². The molecule has 5 nitrogen and oxygen atoms in total. The number of rotatable bonds is 8. The largest absolute Gasteiger partial charge is 0.370 e. The minimum absolute atomic E-state index is 0.198. The van der Waals surface area contributed by atoms with Crippen LogP contribution >= 0.6 is 0 Å². The molecule has 0 aliphatic heterocycles. The summed E-state index contributed by atoms with van der Waals surface area (Å²) in [6.07, 6.45) is 5.02. The first-order chi connectivity index (χ1) is 10.8. The molecule has 0 radical (unpaired) electrons. The molecule has 0 unspecified atom stereocenters. The number of hydrogen-bond donors (Lipinski definition) is 3. The van der Waals surface area contributed by atoms with Gasteiger partial charge in [0.2, 0.25) is 5.91 Å². The predicted molar refractivity (Wildman–Crippen MR) is 89.6 cm³/mol. The van der Waals surface area contributed by atoms with Gasteiger partial charge in [-0.1, -0.05) is 36.8 Å². The molecule has 1 saturated carbocycles. The highest BCUT2D eigenvalue weighted by molar-refractivity contribution is 5.79. The van der Waals surface area contributed by atoms with Crippen LogP contribution in [0.4, 0.5) is 0 Å². The number of hydrogen-bond acceptors (Lipinski definition) is 2. The predicted octanol–water partition coefficient (Wildman–Crippen LogP) is 1.44. The Hall–Kier alpha value is -2.04. The summed E-state index contributed by atoms with van der Waals surface area (Å²) < 4.78 is 0. The van der Waals surface area contributed by atoms with Gasteiger partial charge >= 0.3 is 0 Å². The van der Waals surface area contributed by atoms with Crippen LogP contribution in [-0.4, -0.2) is 31.5 Å². The zero-order chi connectivity index (χ0) is 15.6. The van der Waals surface area contributed by atoms with Crippen LogP contribution in [-0.2, 0) is 11.2 Å². The number of nitrogens with zero attached hydrogens (tertiary/aromatic N) is 1. The number of carbonyl (C=O) groups is 1. The van der Waals surface area contributed by atoms with Crippen molar-refractivity contribution >= 4 is 11.9 Å². The van der Waals surface area contributed by atoms with Crippen LogP contribution in [0.2, 0.25) is 0 Å². The summed E-state index contributed by atoms with van der Waals surface area (Å²) in [5.41, 5.74) is 7.09. The first-order valence-electron chi connectivity index (χ1n) is 8.11. The monoisotopic (exact) mass is 302 g/mol. The molecule has 22 heavy (non-hydrogen) atoms. The normalized spacial score (nSPS) is 15.2. The van der Waals surface area contributed by atoms with Crippen molar-refractivity contribution in [3.05, 3.63) is 35.9 Å². The van der Waals surface area contributed by atoms with E-state index in [1.54, 1.807) is 0 Å². The van der Waals surface area contributed by atoms with Crippen LogP contribution < -0.4 is 16.4 Å². The molecule has 1 aromatic rings. The molecular weight excluding hydrogens is 276 g/mol. The lowest BCUT2D eigenvalue weighted by atomic mass is 9.85. The summed E-state index contributed by atoms with van der Waals surface area (Å²) in [6.45, 7) is 2.09. The average Bonchev–Trinajstić information content (AvgIpc) is 2.46. The van der Waals surface area contributed by atoms with Crippen molar-refractivity contribution in [3.8, 4) is 0 Å². The quantitative estimate of drug-likeness (QED) is 0.386. The number of nitrogens with one attached hydrogen (secondary N) is 2. The molecule has 1 fully saturated rings. The molecule has 1 aliphatic rings. The first kappa shape index (κ1) is 16.3.